The summed E-state index contributed by atoms with van der Waals surface area (Å²) in [5.41, 5.74) is 3.73. The highest BCUT2D eigenvalue weighted by Crippen LogP contribution is 2.22. The molecule has 1 heterocycles. The Kier molecular flexibility index (Phi) is 5.75. The van der Waals surface area contributed by atoms with Crippen molar-refractivity contribution in [3.8, 4) is 0 Å². The Morgan fingerprint density at radius 1 is 0.964 bits per heavy atom. The number of hydrogen-bond acceptors (Lipinski definition) is 4. The predicted molar refractivity (Wildman–Crippen MR) is 109 cm³/mol. The number of carbonyl (C=O) groups is 1. The predicted octanol–water partition coefficient (Wildman–Crippen LogP) is 3.43. The maximum atomic E-state index is 12.6. The normalized spacial score (nSPS) is 11.1. The van der Waals surface area contributed by atoms with E-state index < -0.39 is 10.0 Å². The van der Waals surface area contributed by atoms with E-state index in [1.807, 2.05) is 32.0 Å². The molecule has 0 aliphatic carbocycles. The molecule has 0 fully saturated rings. The molecule has 0 aliphatic rings. The molecule has 0 spiro atoms. The minimum atomic E-state index is -3.74. The molecule has 28 heavy (non-hydrogen) atoms. The average Bonchev–Trinajstić information content (AvgIpc) is 2.70. The van der Waals surface area contributed by atoms with E-state index in [2.05, 4.69) is 15.0 Å². The molecule has 1 aromatic heterocycles. The Morgan fingerprint density at radius 3 is 2.32 bits per heavy atom. The van der Waals surface area contributed by atoms with Crippen LogP contribution in [0.4, 0.5) is 5.69 Å². The van der Waals surface area contributed by atoms with Crippen LogP contribution in [0.5, 0.6) is 0 Å². The van der Waals surface area contributed by atoms with Gasteiger partial charge in [0.25, 0.3) is 15.9 Å². The van der Waals surface area contributed by atoms with Gasteiger partial charge in [0.15, 0.2) is 0 Å². The summed E-state index contributed by atoms with van der Waals surface area (Å²) in [6, 6.07) is 14.9. The van der Waals surface area contributed by atoms with Gasteiger partial charge in [-0.1, -0.05) is 12.1 Å². The number of rotatable bonds is 6. The summed E-state index contributed by atoms with van der Waals surface area (Å²) in [7, 11) is -3.74. The van der Waals surface area contributed by atoms with Crippen LogP contribution in [0.25, 0.3) is 0 Å². The molecule has 7 heteroatoms. The van der Waals surface area contributed by atoms with E-state index in [9.17, 15) is 13.2 Å². The van der Waals surface area contributed by atoms with Crippen molar-refractivity contribution in [3.63, 3.8) is 0 Å². The summed E-state index contributed by atoms with van der Waals surface area (Å²) in [5, 5.41) is 2.80. The van der Waals surface area contributed by atoms with Crippen molar-refractivity contribution in [1.82, 2.24) is 10.3 Å². The van der Waals surface area contributed by atoms with E-state index in [4.69, 9.17) is 0 Å². The molecular weight excluding hydrogens is 374 g/mol. The zero-order valence-electron chi connectivity index (χ0n) is 15.6. The van der Waals surface area contributed by atoms with Crippen LogP contribution >= 0.6 is 0 Å². The fourth-order valence-electron chi connectivity index (χ4n) is 2.64. The summed E-state index contributed by atoms with van der Waals surface area (Å²) >= 11 is 0. The van der Waals surface area contributed by atoms with Gasteiger partial charge in [0.2, 0.25) is 0 Å². The third kappa shape index (κ3) is 4.55. The monoisotopic (exact) mass is 395 g/mol. The fraction of sp³-hybridized carbons (Fsp3) is 0.143. The molecule has 0 radical (unpaired) electrons. The highest BCUT2D eigenvalue weighted by atomic mass is 32.2. The first-order valence-corrected chi connectivity index (χ1v) is 10.2. The second-order valence-electron chi connectivity index (χ2n) is 6.42. The number of anilines is 1. The molecule has 2 N–H and O–H groups in total. The van der Waals surface area contributed by atoms with Gasteiger partial charge in [0.1, 0.15) is 0 Å². The minimum absolute atomic E-state index is 0.0964. The first kappa shape index (κ1) is 19.6. The minimum Gasteiger partial charge on any atom is -0.348 e. The molecule has 0 atom stereocenters. The standard InChI is InChI=1S/C21H21N3O3S/c1-15-4-3-5-20(16(15)2)24-28(26,27)19-8-6-18(7-9-19)21(25)23-14-17-10-12-22-13-11-17/h3-13,24H,14H2,1-2H3,(H,23,25). The highest BCUT2D eigenvalue weighted by Gasteiger charge is 2.16. The van der Waals surface area contributed by atoms with Crippen LogP contribution in [0.1, 0.15) is 27.0 Å². The number of benzene rings is 2. The molecule has 0 saturated carbocycles. The molecule has 0 unspecified atom stereocenters. The van der Waals surface area contributed by atoms with Gasteiger partial charge in [0.05, 0.1) is 10.6 Å². The van der Waals surface area contributed by atoms with Crippen LogP contribution in [0.2, 0.25) is 0 Å². The zero-order chi connectivity index (χ0) is 20.1. The number of amides is 1. The SMILES string of the molecule is Cc1cccc(NS(=O)(=O)c2ccc(C(=O)NCc3ccncc3)cc2)c1C. The number of pyridine rings is 1. The van der Waals surface area contributed by atoms with E-state index in [0.717, 1.165) is 16.7 Å². The first-order valence-electron chi connectivity index (χ1n) is 8.73. The van der Waals surface area contributed by atoms with Crippen LogP contribution in [0.3, 0.4) is 0 Å². The largest absolute Gasteiger partial charge is 0.348 e. The summed E-state index contributed by atoms with van der Waals surface area (Å²) in [5.74, 6) is -0.275. The molecule has 144 valence electrons. The number of aromatic nitrogens is 1. The Bertz CT molecular complexity index is 1080. The number of aryl methyl sites for hydroxylation is 1. The number of hydrogen-bond donors (Lipinski definition) is 2. The number of nitrogens with one attached hydrogen (secondary N) is 2. The number of sulfonamides is 1. The Balaban J connectivity index is 1.70. The lowest BCUT2D eigenvalue weighted by atomic mass is 10.1. The van der Waals surface area contributed by atoms with Crippen molar-refractivity contribution in [2.75, 3.05) is 4.72 Å². The Morgan fingerprint density at radius 2 is 1.64 bits per heavy atom. The molecule has 6 nitrogen and oxygen atoms in total. The molecule has 0 aliphatic heterocycles. The molecule has 0 saturated heterocycles. The van der Waals surface area contributed by atoms with Gasteiger partial charge < -0.3 is 5.32 Å². The van der Waals surface area contributed by atoms with E-state index >= 15 is 0 Å². The highest BCUT2D eigenvalue weighted by molar-refractivity contribution is 7.92. The van der Waals surface area contributed by atoms with Crippen molar-refractivity contribution in [2.24, 2.45) is 0 Å². The summed E-state index contributed by atoms with van der Waals surface area (Å²) < 4.78 is 27.9. The van der Waals surface area contributed by atoms with Crippen LogP contribution in [-0.2, 0) is 16.6 Å². The molecular formula is C21H21N3O3S. The van der Waals surface area contributed by atoms with Gasteiger partial charge in [-0.3, -0.25) is 14.5 Å². The first-order chi connectivity index (χ1) is 13.4. The molecule has 3 aromatic rings. The summed E-state index contributed by atoms with van der Waals surface area (Å²) in [4.78, 5) is 16.3. The molecule has 3 rings (SSSR count). The van der Waals surface area contributed by atoms with Gasteiger partial charge in [-0.15, -0.1) is 0 Å². The Labute approximate surface area is 164 Å². The quantitative estimate of drug-likeness (QED) is 0.669. The topological polar surface area (TPSA) is 88.2 Å². The lowest BCUT2D eigenvalue weighted by Crippen LogP contribution is -2.23. The molecule has 0 bridgehead atoms. The fourth-order valence-corrected chi connectivity index (χ4v) is 3.76. The third-order valence-electron chi connectivity index (χ3n) is 4.48. The maximum Gasteiger partial charge on any atom is 0.261 e. The van der Waals surface area contributed by atoms with E-state index in [1.54, 1.807) is 24.5 Å². The van der Waals surface area contributed by atoms with Gasteiger partial charge >= 0.3 is 0 Å². The molecule has 1 amide bonds. The van der Waals surface area contributed by atoms with Crippen LogP contribution < -0.4 is 10.0 Å². The van der Waals surface area contributed by atoms with Gasteiger partial charge in [-0.25, -0.2) is 8.42 Å². The molecule has 2 aromatic carbocycles. The van der Waals surface area contributed by atoms with Crippen molar-refractivity contribution < 1.29 is 13.2 Å². The van der Waals surface area contributed by atoms with Crippen molar-refractivity contribution >= 4 is 21.6 Å². The number of carbonyl (C=O) groups excluding carboxylic acids is 1. The van der Waals surface area contributed by atoms with Crippen molar-refractivity contribution in [3.05, 3.63) is 89.2 Å². The number of nitrogens with zero attached hydrogens (tertiary/aromatic N) is 1. The van der Waals surface area contributed by atoms with E-state index in [0.29, 0.717) is 17.8 Å². The second kappa shape index (κ2) is 8.22. The third-order valence-corrected chi connectivity index (χ3v) is 5.86. The van der Waals surface area contributed by atoms with Crippen molar-refractivity contribution in [1.29, 1.82) is 0 Å². The van der Waals surface area contributed by atoms with E-state index in [-0.39, 0.29) is 10.8 Å². The smallest absolute Gasteiger partial charge is 0.261 e. The van der Waals surface area contributed by atoms with Crippen LogP contribution in [-0.4, -0.2) is 19.3 Å². The van der Waals surface area contributed by atoms with Crippen LogP contribution in [0, 0.1) is 13.8 Å². The van der Waals surface area contributed by atoms with E-state index in [1.165, 1.54) is 24.3 Å². The van der Waals surface area contributed by atoms with Gasteiger partial charge in [0, 0.05) is 24.5 Å². The van der Waals surface area contributed by atoms with Crippen molar-refractivity contribution in [2.45, 2.75) is 25.3 Å². The lowest BCUT2D eigenvalue weighted by Gasteiger charge is -2.12. The van der Waals surface area contributed by atoms with Gasteiger partial charge in [-0.05, 0) is 73.0 Å². The average molecular weight is 395 g/mol. The second-order valence-corrected chi connectivity index (χ2v) is 8.10. The zero-order valence-corrected chi connectivity index (χ0v) is 16.5. The van der Waals surface area contributed by atoms with Crippen LogP contribution in [0.15, 0.2) is 71.9 Å². The summed E-state index contributed by atoms with van der Waals surface area (Å²) in [6.07, 6.45) is 3.31. The maximum absolute atomic E-state index is 12.6. The lowest BCUT2D eigenvalue weighted by molar-refractivity contribution is 0.0951. The summed E-state index contributed by atoms with van der Waals surface area (Å²) in [6.45, 7) is 4.16. The Hall–Kier alpha value is -3.19. The van der Waals surface area contributed by atoms with Gasteiger partial charge in [-0.2, -0.15) is 0 Å².